The lowest BCUT2D eigenvalue weighted by Crippen LogP contribution is -2.37. The number of carboxylic acids is 2. The predicted octanol–water partition coefficient (Wildman–Crippen LogP) is 2.95. The summed E-state index contributed by atoms with van der Waals surface area (Å²) in [6.45, 7) is 0. The minimum atomic E-state index is -1.45. The third kappa shape index (κ3) is 2.39. The third-order valence-corrected chi connectivity index (χ3v) is 5.50. The number of carbonyl (C=O) groups is 3. The number of aliphatic carboxylic acids is 2. The molecule has 2 aromatic carbocycles. The number of ether oxygens (including phenoxy) is 1. The molecule has 7 heteroatoms. The molecule has 0 spiro atoms. The first-order chi connectivity index (χ1) is 12.4. The molecule has 7 nitrogen and oxygen atoms in total. The highest BCUT2D eigenvalue weighted by atomic mass is 16.6. The van der Waals surface area contributed by atoms with Gasteiger partial charge in [-0.05, 0) is 35.7 Å². The Morgan fingerprint density at radius 3 is 2.38 bits per heavy atom. The topological polar surface area (TPSA) is 113 Å². The van der Waals surface area contributed by atoms with Gasteiger partial charge in [-0.2, -0.15) is 0 Å². The van der Waals surface area contributed by atoms with E-state index in [4.69, 9.17) is 4.74 Å². The molecule has 4 rings (SSSR count). The molecule has 4 atom stereocenters. The summed E-state index contributed by atoms with van der Waals surface area (Å²) in [7, 11) is 0. The van der Waals surface area contributed by atoms with Crippen LogP contribution < -0.4 is 5.32 Å². The Balaban J connectivity index is 1.54. The van der Waals surface area contributed by atoms with E-state index in [1.807, 2.05) is 30.3 Å². The Morgan fingerprint density at radius 1 is 1.00 bits per heavy atom. The molecule has 0 saturated heterocycles. The number of amides is 1. The summed E-state index contributed by atoms with van der Waals surface area (Å²) < 4.78 is 5.43. The Morgan fingerprint density at radius 2 is 1.73 bits per heavy atom. The second-order valence-corrected chi connectivity index (χ2v) is 6.82. The fourth-order valence-electron chi connectivity index (χ4n) is 4.36. The number of benzene rings is 2. The van der Waals surface area contributed by atoms with Gasteiger partial charge in [-0.15, -0.1) is 0 Å². The van der Waals surface area contributed by atoms with Crippen molar-refractivity contribution in [1.29, 1.82) is 0 Å². The molecular formula is C19H17NO6. The Bertz CT molecular complexity index is 925. The number of rotatable bonds is 4. The zero-order valence-corrected chi connectivity index (χ0v) is 13.7. The minimum absolute atomic E-state index is 0.313. The average Bonchev–Trinajstić information content (AvgIpc) is 3.07. The number of hydrogen-bond acceptors (Lipinski definition) is 4. The monoisotopic (exact) mass is 355 g/mol. The smallest absolute Gasteiger partial charge is 0.412 e. The Labute approximate surface area is 148 Å². The van der Waals surface area contributed by atoms with E-state index in [-0.39, 0.29) is 0 Å². The zero-order valence-electron chi connectivity index (χ0n) is 13.7. The molecule has 2 saturated carbocycles. The van der Waals surface area contributed by atoms with Gasteiger partial charge >= 0.3 is 18.0 Å². The fraction of sp³-hybridized carbons (Fsp3) is 0.316. The molecule has 2 aliphatic carbocycles. The van der Waals surface area contributed by atoms with Gasteiger partial charge in [0.2, 0.25) is 0 Å². The Kier molecular flexibility index (Phi) is 3.61. The van der Waals surface area contributed by atoms with Crippen molar-refractivity contribution in [3.8, 4) is 0 Å². The first-order valence-corrected chi connectivity index (χ1v) is 8.38. The normalized spacial score (nSPS) is 29.0. The number of nitrogens with one attached hydrogen (secondary N) is 1. The van der Waals surface area contributed by atoms with Gasteiger partial charge in [0.05, 0.1) is 5.92 Å². The van der Waals surface area contributed by atoms with Crippen LogP contribution in [-0.4, -0.2) is 33.8 Å². The molecule has 0 bridgehead atoms. The average molecular weight is 355 g/mol. The van der Waals surface area contributed by atoms with E-state index in [9.17, 15) is 24.6 Å². The van der Waals surface area contributed by atoms with Crippen LogP contribution in [0.25, 0.3) is 10.8 Å². The van der Waals surface area contributed by atoms with Crippen LogP contribution >= 0.6 is 0 Å². The van der Waals surface area contributed by atoms with Crippen molar-refractivity contribution in [3.05, 3.63) is 42.5 Å². The standard InChI is InChI=1S/C19H17NO6/c21-16(22)14-8-7-13-15(17(23)24)19(13,14)26-18(25)20-12-6-5-10-3-1-2-4-11(10)9-12/h1-6,9,13-15H,7-8H2,(H,20,25)(H,21,22)(H,23,24). The van der Waals surface area contributed by atoms with Crippen molar-refractivity contribution in [2.75, 3.05) is 5.32 Å². The molecule has 1 amide bonds. The van der Waals surface area contributed by atoms with Gasteiger partial charge in [-0.3, -0.25) is 14.9 Å². The number of carboxylic acid groups (broad SMARTS) is 2. The van der Waals surface area contributed by atoms with Crippen LogP contribution in [0.2, 0.25) is 0 Å². The van der Waals surface area contributed by atoms with E-state index >= 15 is 0 Å². The van der Waals surface area contributed by atoms with Crippen LogP contribution in [0.3, 0.4) is 0 Å². The van der Waals surface area contributed by atoms with Gasteiger partial charge < -0.3 is 14.9 Å². The van der Waals surface area contributed by atoms with Crippen LogP contribution in [0.1, 0.15) is 12.8 Å². The third-order valence-electron chi connectivity index (χ3n) is 5.50. The zero-order chi connectivity index (χ0) is 18.5. The summed E-state index contributed by atoms with van der Waals surface area (Å²) in [4.78, 5) is 35.3. The van der Waals surface area contributed by atoms with Crippen molar-refractivity contribution in [2.24, 2.45) is 17.8 Å². The molecule has 4 unspecified atom stereocenters. The molecule has 0 aromatic heterocycles. The summed E-state index contributed by atoms with van der Waals surface area (Å²) in [6.07, 6.45) is -0.0910. The van der Waals surface area contributed by atoms with Crippen molar-refractivity contribution in [2.45, 2.75) is 18.4 Å². The molecule has 2 fully saturated rings. The summed E-state index contributed by atoms with van der Waals surface area (Å²) in [6, 6.07) is 13.0. The van der Waals surface area contributed by atoms with Gasteiger partial charge in [-0.1, -0.05) is 30.3 Å². The summed E-state index contributed by atoms with van der Waals surface area (Å²) in [5, 5.41) is 23.3. The van der Waals surface area contributed by atoms with E-state index < -0.39 is 41.4 Å². The number of carbonyl (C=O) groups excluding carboxylic acids is 1. The van der Waals surface area contributed by atoms with Crippen LogP contribution in [0.5, 0.6) is 0 Å². The molecule has 0 radical (unpaired) electrons. The van der Waals surface area contributed by atoms with Crippen LogP contribution in [0, 0.1) is 17.8 Å². The fourth-order valence-corrected chi connectivity index (χ4v) is 4.36. The highest BCUT2D eigenvalue weighted by Gasteiger charge is 2.79. The van der Waals surface area contributed by atoms with E-state index in [1.54, 1.807) is 12.1 Å². The quantitative estimate of drug-likeness (QED) is 0.777. The molecule has 0 heterocycles. The summed E-state index contributed by atoms with van der Waals surface area (Å²) >= 11 is 0. The minimum Gasteiger partial charge on any atom is -0.481 e. The molecule has 0 aliphatic heterocycles. The maximum Gasteiger partial charge on any atom is 0.412 e. The first kappa shape index (κ1) is 16.4. The van der Waals surface area contributed by atoms with E-state index in [0.717, 1.165) is 10.8 Å². The second-order valence-electron chi connectivity index (χ2n) is 6.82. The van der Waals surface area contributed by atoms with Crippen LogP contribution in [0.4, 0.5) is 10.5 Å². The Hall–Kier alpha value is -3.09. The van der Waals surface area contributed by atoms with E-state index in [1.165, 1.54) is 0 Å². The van der Waals surface area contributed by atoms with Gasteiger partial charge in [-0.25, -0.2) is 4.79 Å². The molecule has 3 N–H and O–H groups in total. The van der Waals surface area contributed by atoms with E-state index in [0.29, 0.717) is 18.5 Å². The largest absolute Gasteiger partial charge is 0.481 e. The molecular weight excluding hydrogens is 338 g/mol. The van der Waals surface area contributed by atoms with Gasteiger partial charge in [0, 0.05) is 11.6 Å². The SMILES string of the molecule is O=C(Nc1ccc2ccccc2c1)OC12C(C(=O)O)CCC1C2C(=O)O. The highest BCUT2D eigenvalue weighted by Crippen LogP contribution is 2.66. The number of hydrogen-bond donors (Lipinski definition) is 3. The van der Waals surface area contributed by atoms with Crippen molar-refractivity contribution < 1.29 is 29.3 Å². The lowest BCUT2D eigenvalue weighted by atomic mass is 9.97. The highest BCUT2D eigenvalue weighted by molar-refractivity contribution is 5.92. The van der Waals surface area contributed by atoms with Crippen molar-refractivity contribution in [3.63, 3.8) is 0 Å². The summed E-state index contributed by atoms with van der Waals surface area (Å²) in [5.74, 6) is -4.65. The lowest BCUT2D eigenvalue weighted by Gasteiger charge is -2.22. The predicted molar refractivity (Wildman–Crippen MR) is 91.8 cm³/mol. The molecule has 134 valence electrons. The van der Waals surface area contributed by atoms with E-state index in [2.05, 4.69) is 5.32 Å². The van der Waals surface area contributed by atoms with Gasteiger partial charge in [0.25, 0.3) is 0 Å². The molecule has 2 aromatic rings. The summed E-state index contributed by atoms with van der Waals surface area (Å²) in [5.41, 5.74) is -0.947. The van der Waals surface area contributed by atoms with Crippen LogP contribution in [-0.2, 0) is 14.3 Å². The number of fused-ring (bicyclic) bond motifs is 2. The molecule has 2 aliphatic rings. The lowest BCUT2D eigenvalue weighted by molar-refractivity contribution is -0.149. The van der Waals surface area contributed by atoms with Crippen molar-refractivity contribution in [1.82, 2.24) is 0 Å². The maximum atomic E-state index is 12.4. The van der Waals surface area contributed by atoms with Gasteiger partial charge in [0.1, 0.15) is 11.5 Å². The van der Waals surface area contributed by atoms with Gasteiger partial charge in [0.15, 0.2) is 0 Å². The first-order valence-electron chi connectivity index (χ1n) is 8.38. The maximum absolute atomic E-state index is 12.4. The second kappa shape index (κ2) is 5.72. The van der Waals surface area contributed by atoms with Crippen molar-refractivity contribution >= 4 is 34.5 Å². The number of anilines is 1. The molecule has 26 heavy (non-hydrogen) atoms. The van der Waals surface area contributed by atoms with Crippen LogP contribution in [0.15, 0.2) is 42.5 Å².